The molecule has 12 nitrogen and oxygen atoms in total. The Morgan fingerprint density at radius 1 is 1.03 bits per heavy atom. The maximum atomic E-state index is 12.8. The van der Waals surface area contributed by atoms with Crippen LogP contribution in [0.4, 0.5) is 0 Å². The number of carboxylic acid groups (broad SMARTS) is 1. The number of nitrogens with one attached hydrogen (secondary N) is 3. The number of aromatic nitrogens is 1. The molecule has 0 saturated heterocycles. The first-order valence-electron chi connectivity index (χ1n) is 9.13. The lowest BCUT2D eigenvalue weighted by molar-refractivity contribution is -0.137. The van der Waals surface area contributed by atoms with Crippen molar-refractivity contribution >= 4 is 35.0 Å². The smallest absolute Gasteiger partial charge is 0.303 e. The number of hydrogen-bond acceptors (Lipinski definition) is 9. The third-order valence-electron chi connectivity index (χ3n) is 4.12. The molecule has 4 N–H and O–H groups in total. The van der Waals surface area contributed by atoms with E-state index in [-0.39, 0.29) is 34.2 Å². The van der Waals surface area contributed by atoms with Gasteiger partial charge in [0.1, 0.15) is 6.04 Å². The van der Waals surface area contributed by atoms with Crippen molar-refractivity contribution in [2.45, 2.75) is 18.9 Å². The zero-order valence-electron chi connectivity index (χ0n) is 17.5. The molecule has 32 heavy (non-hydrogen) atoms. The molecule has 0 aliphatic heterocycles. The Bertz CT molecular complexity index is 955. The van der Waals surface area contributed by atoms with Gasteiger partial charge in [0.25, 0.3) is 17.7 Å². The van der Waals surface area contributed by atoms with E-state index < -0.39 is 36.2 Å². The fraction of sp³-hybridized carbons (Fsp3) is 0.316. The summed E-state index contributed by atoms with van der Waals surface area (Å²) in [6.45, 7) is 0. The molecule has 2 aromatic rings. The molecule has 3 amide bonds. The van der Waals surface area contributed by atoms with Crippen LogP contribution in [0, 0.1) is 0 Å². The second kappa shape index (κ2) is 11.5. The topological polar surface area (TPSA) is 165 Å². The van der Waals surface area contributed by atoms with Crippen LogP contribution < -0.4 is 30.4 Å². The maximum absolute atomic E-state index is 12.8. The molecule has 1 aromatic heterocycles. The van der Waals surface area contributed by atoms with Gasteiger partial charge in [0.15, 0.2) is 16.5 Å². The van der Waals surface area contributed by atoms with Gasteiger partial charge < -0.3 is 24.6 Å². The Balaban J connectivity index is 2.16. The highest BCUT2D eigenvalue weighted by molar-refractivity contribution is 7.11. The summed E-state index contributed by atoms with van der Waals surface area (Å²) in [6.07, 6.45) is 0.813. The molecular formula is C19H22N4O8S. The largest absolute Gasteiger partial charge is 0.493 e. The second-order valence-corrected chi connectivity index (χ2v) is 7.05. The first-order valence-corrected chi connectivity index (χ1v) is 10.0. The Morgan fingerprint density at radius 2 is 1.69 bits per heavy atom. The SMILES string of the molecule is COc1cc(C(=O)N[C@H](CCC(=O)O)C(=O)NNC(=O)c2nccs2)cc(OC)c1OC. The zero-order chi connectivity index (χ0) is 23.7. The summed E-state index contributed by atoms with van der Waals surface area (Å²) in [4.78, 5) is 52.0. The van der Waals surface area contributed by atoms with Crippen molar-refractivity contribution in [1.82, 2.24) is 21.2 Å². The molecule has 0 aliphatic carbocycles. The predicted molar refractivity (Wildman–Crippen MR) is 112 cm³/mol. The van der Waals surface area contributed by atoms with E-state index in [1.807, 2.05) is 0 Å². The number of carboxylic acids is 1. The maximum Gasteiger partial charge on any atom is 0.303 e. The van der Waals surface area contributed by atoms with Crippen LogP contribution in [0.2, 0.25) is 0 Å². The van der Waals surface area contributed by atoms with Gasteiger partial charge in [-0.15, -0.1) is 11.3 Å². The van der Waals surface area contributed by atoms with Gasteiger partial charge in [-0.05, 0) is 18.6 Å². The molecule has 1 atom stereocenters. The summed E-state index contributed by atoms with van der Waals surface area (Å²) in [6, 6.07) is 1.51. The Morgan fingerprint density at radius 3 is 2.19 bits per heavy atom. The van der Waals surface area contributed by atoms with E-state index in [1.54, 1.807) is 5.38 Å². The third-order valence-corrected chi connectivity index (χ3v) is 4.89. The lowest BCUT2D eigenvalue weighted by Gasteiger charge is -2.19. The van der Waals surface area contributed by atoms with Crippen molar-refractivity contribution in [3.8, 4) is 17.2 Å². The molecular weight excluding hydrogens is 444 g/mol. The van der Waals surface area contributed by atoms with E-state index >= 15 is 0 Å². The zero-order valence-corrected chi connectivity index (χ0v) is 18.3. The van der Waals surface area contributed by atoms with Crippen molar-refractivity contribution in [1.29, 1.82) is 0 Å². The van der Waals surface area contributed by atoms with Crippen LogP contribution in [0.15, 0.2) is 23.7 Å². The molecule has 2 rings (SSSR count). The molecule has 0 radical (unpaired) electrons. The molecule has 1 aromatic carbocycles. The van der Waals surface area contributed by atoms with Crippen LogP contribution in [-0.4, -0.2) is 61.2 Å². The number of rotatable bonds is 10. The summed E-state index contributed by atoms with van der Waals surface area (Å²) in [5.74, 6) is -2.59. The highest BCUT2D eigenvalue weighted by Crippen LogP contribution is 2.38. The molecule has 0 unspecified atom stereocenters. The first-order chi connectivity index (χ1) is 15.3. The minimum absolute atomic E-state index is 0.0828. The van der Waals surface area contributed by atoms with Gasteiger partial charge >= 0.3 is 5.97 Å². The van der Waals surface area contributed by atoms with Gasteiger partial charge in [-0.3, -0.25) is 30.0 Å². The fourth-order valence-electron chi connectivity index (χ4n) is 2.58. The van der Waals surface area contributed by atoms with E-state index in [4.69, 9.17) is 19.3 Å². The van der Waals surface area contributed by atoms with Gasteiger partial charge in [0.05, 0.1) is 21.3 Å². The molecule has 172 valence electrons. The summed E-state index contributed by atoms with van der Waals surface area (Å²) < 4.78 is 15.6. The van der Waals surface area contributed by atoms with Gasteiger partial charge in [0.2, 0.25) is 5.75 Å². The number of aliphatic carboxylic acids is 1. The summed E-state index contributed by atoms with van der Waals surface area (Å²) >= 11 is 1.07. The standard InChI is InChI=1S/C19H22N4O8S/c1-29-12-8-10(9-13(30-2)15(12)31-3)16(26)21-11(4-5-14(24)25)17(27)22-23-18(28)19-20-6-7-32-19/h6-9,11H,4-5H2,1-3H3,(H,21,26)(H,22,27)(H,23,28)(H,24,25)/t11-/m1/s1. The number of thiazole rings is 1. The van der Waals surface area contributed by atoms with E-state index in [0.717, 1.165) is 11.3 Å². The molecule has 0 spiro atoms. The van der Waals surface area contributed by atoms with Gasteiger partial charge in [0, 0.05) is 23.6 Å². The number of amides is 3. The van der Waals surface area contributed by atoms with Crippen LogP contribution in [-0.2, 0) is 9.59 Å². The number of ether oxygens (including phenoxy) is 3. The monoisotopic (exact) mass is 466 g/mol. The second-order valence-electron chi connectivity index (χ2n) is 6.15. The lowest BCUT2D eigenvalue weighted by Crippen LogP contribution is -2.52. The van der Waals surface area contributed by atoms with Crippen LogP contribution in [0.3, 0.4) is 0 Å². The number of methoxy groups -OCH3 is 3. The van der Waals surface area contributed by atoms with Crippen LogP contribution in [0.5, 0.6) is 17.2 Å². The number of hydrogen-bond donors (Lipinski definition) is 4. The molecule has 13 heteroatoms. The summed E-state index contributed by atoms with van der Waals surface area (Å²) in [7, 11) is 4.17. The number of carbonyl (C=O) groups is 4. The van der Waals surface area contributed by atoms with Gasteiger partial charge in [-0.25, -0.2) is 4.98 Å². The molecule has 0 bridgehead atoms. The lowest BCUT2D eigenvalue weighted by atomic mass is 10.1. The number of benzene rings is 1. The third kappa shape index (κ3) is 6.31. The van der Waals surface area contributed by atoms with E-state index in [9.17, 15) is 19.2 Å². The van der Waals surface area contributed by atoms with Crippen molar-refractivity contribution < 1.29 is 38.5 Å². The van der Waals surface area contributed by atoms with Crippen LogP contribution in [0.1, 0.15) is 33.0 Å². The average Bonchev–Trinajstić information content (AvgIpc) is 3.33. The first kappa shape index (κ1) is 24.4. The average molecular weight is 466 g/mol. The summed E-state index contributed by atoms with van der Waals surface area (Å²) in [5, 5.41) is 13.1. The Hall–Kier alpha value is -3.87. The molecule has 0 aliphatic rings. The van der Waals surface area contributed by atoms with Crippen molar-refractivity contribution in [3.63, 3.8) is 0 Å². The Labute approximate surface area is 186 Å². The van der Waals surface area contributed by atoms with E-state index in [1.165, 1.54) is 39.7 Å². The van der Waals surface area contributed by atoms with Crippen molar-refractivity contribution in [3.05, 3.63) is 34.3 Å². The number of carbonyl (C=O) groups excluding carboxylic acids is 3. The van der Waals surface area contributed by atoms with E-state index in [2.05, 4.69) is 21.2 Å². The minimum atomic E-state index is -1.26. The number of hydrazine groups is 1. The Kier molecular flexibility index (Phi) is 8.77. The van der Waals surface area contributed by atoms with Crippen LogP contribution >= 0.6 is 11.3 Å². The minimum Gasteiger partial charge on any atom is -0.493 e. The molecule has 1 heterocycles. The number of nitrogens with zero attached hydrogens (tertiary/aromatic N) is 1. The fourth-order valence-corrected chi connectivity index (χ4v) is 3.12. The van der Waals surface area contributed by atoms with Crippen molar-refractivity contribution in [2.75, 3.05) is 21.3 Å². The molecule has 0 fully saturated rings. The van der Waals surface area contributed by atoms with Gasteiger partial charge in [-0.2, -0.15) is 0 Å². The normalized spacial score (nSPS) is 11.1. The highest BCUT2D eigenvalue weighted by atomic mass is 32.1. The van der Waals surface area contributed by atoms with Crippen LogP contribution in [0.25, 0.3) is 0 Å². The quantitative estimate of drug-likeness (QED) is 0.367. The van der Waals surface area contributed by atoms with Crippen molar-refractivity contribution in [2.24, 2.45) is 0 Å². The van der Waals surface area contributed by atoms with Gasteiger partial charge in [-0.1, -0.05) is 0 Å². The summed E-state index contributed by atoms with van der Waals surface area (Å²) in [5.41, 5.74) is 4.42. The predicted octanol–water partition coefficient (Wildman–Crippen LogP) is 0.593. The molecule has 0 saturated carbocycles. The van der Waals surface area contributed by atoms with E-state index in [0.29, 0.717) is 0 Å². The highest BCUT2D eigenvalue weighted by Gasteiger charge is 2.25.